The standard InChI is InChI=1S/C28H30FN3O4/c1-21-8-9-23(17-30-21)27(34)32-14-15-36-28(19-32,20-35-25-12-10-24(29)11-13-25)16-26(33)31(2)18-22-6-4-3-5-7-22/h3-13,17H,14-16,18-20H2,1-2H3/t28-/m0/s1. The Kier molecular flexibility index (Phi) is 7.95. The predicted octanol–water partition coefficient (Wildman–Crippen LogP) is 3.87. The van der Waals surface area contributed by atoms with E-state index in [0.29, 0.717) is 24.4 Å². The van der Waals surface area contributed by atoms with Crippen LogP contribution in [0.1, 0.15) is 28.0 Å². The van der Waals surface area contributed by atoms with Crippen molar-refractivity contribution < 1.29 is 23.5 Å². The molecule has 2 heterocycles. The van der Waals surface area contributed by atoms with E-state index in [4.69, 9.17) is 9.47 Å². The van der Waals surface area contributed by atoms with Crippen LogP contribution in [0.4, 0.5) is 4.39 Å². The summed E-state index contributed by atoms with van der Waals surface area (Å²) < 4.78 is 25.4. The molecule has 0 unspecified atom stereocenters. The molecular weight excluding hydrogens is 461 g/mol. The highest BCUT2D eigenvalue weighted by atomic mass is 19.1. The second-order valence-electron chi connectivity index (χ2n) is 9.10. The largest absolute Gasteiger partial charge is 0.490 e. The van der Waals surface area contributed by atoms with Crippen molar-refractivity contribution in [2.75, 3.05) is 33.4 Å². The molecule has 1 aliphatic rings. The van der Waals surface area contributed by atoms with Crippen LogP contribution in [-0.4, -0.2) is 65.6 Å². The highest BCUT2D eigenvalue weighted by Crippen LogP contribution is 2.27. The maximum atomic E-state index is 13.3. The van der Waals surface area contributed by atoms with E-state index < -0.39 is 5.60 Å². The van der Waals surface area contributed by atoms with E-state index >= 15 is 0 Å². The smallest absolute Gasteiger partial charge is 0.255 e. The van der Waals surface area contributed by atoms with E-state index in [0.717, 1.165) is 11.3 Å². The van der Waals surface area contributed by atoms with Gasteiger partial charge in [0.15, 0.2) is 0 Å². The zero-order valence-corrected chi connectivity index (χ0v) is 20.5. The molecule has 0 aliphatic carbocycles. The Balaban J connectivity index is 1.52. The Labute approximate surface area is 210 Å². The Morgan fingerprint density at radius 2 is 1.86 bits per heavy atom. The van der Waals surface area contributed by atoms with Gasteiger partial charge in [0.2, 0.25) is 5.91 Å². The fourth-order valence-corrected chi connectivity index (χ4v) is 4.14. The van der Waals surface area contributed by atoms with Crippen molar-refractivity contribution in [3.05, 3.63) is 95.6 Å². The lowest BCUT2D eigenvalue weighted by Gasteiger charge is -2.42. The van der Waals surface area contributed by atoms with E-state index in [9.17, 15) is 14.0 Å². The van der Waals surface area contributed by atoms with Crippen molar-refractivity contribution in [3.8, 4) is 5.75 Å². The van der Waals surface area contributed by atoms with Gasteiger partial charge in [0.05, 0.1) is 25.1 Å². The van der Waals surface area contributed by atoms with Crippen molar-refractivity contribution in [3.63, 3.8) is 0 Å². The van der Waals surface area contributed by atoms with Crippen molar-refractivity contribution >= 4 is 11.8 Å². The van der Waals surface area contributed by atoms with Gasteiger partial charge < -0.3 is 19.3 Å². The number of benzene rings is 2. The number of hydrogen-bond acceptors (Lipinski definition) is 5. The molecule has 2 aromatic carbocycles. The molecule has 0 N–H and O–H groups in total. The zero-order chi connectivity index (χ0) is 25.5. The molecule has 3 aromatic rings. The van der Waals surface area contributed by atoms with Gasteiger partial charge in [-0.1, -0.05) is 30.3 Å². The first-order valence-electron chi connectivity index (χ1n) is 11.9. The molecule has 188 valence electrons. The average Bonchev–Trinajstić information content (AvgIpc) is 2.89. The van der Waals surface area contributed by atoms with Crippen LogP contribution in [0.5, 0.6) is 5.75 Å². The molecule has 1 fully saturated rings. The third-order valence-corrected chi connectivity index (χ3v) is 6.17. The zero-order valence-electron chi connectivity index (χ0n) is 20.5. The van der Waals surface area contributed by atoms with Gasteiger partial charge in [-0.3, -0.25) is 14.6 Å². The van der Waals surface area contributed by atoms with Gasteiger partial charge in [-0.15, -0.1) is 0 Å². The fourth-order valence-electron chi connectivity index (χ4n) is 4.14. The van der Waals surface area contributed by atoms with E-state index in [1.807, 2.05) is 37.3 Å². The fraction of sp³-hybridized carbons (Fsp3) is 0.321. The van der Waals surface area contributed by atoms with Crippen molar-refractivity contribution in [2.24, 2.45) is 0 Å². The van der Waals surface area contributed by atoms with E-state index in [2.05, 4.69) is 4.98 Å². The van der Waals surface area contributed by atoms with Crippen LogP contribution < -0.4 is 4.74 Å². The molecule has 1 aliphatic heterocycles. The topological polar surface area (TPSA) is 72.0 Å². The summed E-state index contributed by atoms with van der Waals surface area (Å²) in [5.41, 5.74) is 1.24. The minimum atomic E-state index is -1.07. The third-order valence-electron chi connectivity index (χ3n) is 6.17. The summed E-state index contributed by atoms with van der Waals surface area (Å²) in [6.07, 6.45) is 1.58. The summed E-state index contributed by atoms with van der Waals surface area (Å²) in [4.78, 5) is 34.1. The van der Waals surface area contributed by atoms with Gasteiger partial charge in [0.1, 0.15) is 23.8 Å². The number of halogens is 1. The van der Waals surface area contributed by atoms with Gasteiger partial charge >= 0.3 is 0 Å². The molecule has 1 saturated heterocycles. The number of morpholine rings is 1. The van der Waals surface area contributed by atoms with Gasteiger partial charge in [0.25, 0.3) is 5.91 Å². The van der Waals surface area contributed by atoms with Crippen LogP contribution in [0.15, 0.2) is 72.9 Å². The SMILES string of the molecule is Cc1ccc(C(=O)N2CCO[C@@](COc3ccc(F)cc3)(CC(=O)N(C)Cc3ccccc3)C2)cn1. The first-order chi connectivity index (χ1) is 17.3. The maximum absolute atomic E-state index is 13.3. The molecule has 0 bridgehead atoms. The Hall–Kier alpha value is -3.78. The first kappa shape index (κ1) is 25.3. The third kappa shape index (κ3) is 6.46. The lowest BCUT2D eigenvalue weighted by Crippen LogP contribution is -2.58. The number of carbonyl (C=O) groups is 2. The number of ether oxygens (including phenoxy) is 2. The van der Waals surface area contributed by atoms with E-state index in [1.165, 1.54) is 24.3 Å². The van der Waals surface area contributed by atoms with E-state index in [1.54, 1.807) is 35.2 Å². The average molecular weight is 492 g/mol. The molecular formula is C28H30FN3O4. The van der Waals surface area contributed by atoms with Crippen molar-refractivity contribution in [1.29, 1.82) is 0 Å². The lowest BCUT2D eigenvalue weighted by atomic mass is 9.96. The minimum absolute atomic E-state index is 0.0213. The normalized spacial score (nSPS) is 17.5. The van der Waals surface area contributed by atoms with Gasteiger partial charge in [0, 0.05) is 32.0 Å². The summed E-state index contributed by atoms with van der Waals surface area (Å²) in [6, 6.07) is 18.9. The van der Waals surface area contributed by atoms with Crippen molar-refractivity contribution in [1.82, 2.24) is 14.8 Å². The molecule has 8 heteroatoms. The minimum Gasteiger partial charge on any atom is -0.490 e. The summed E-state index contributed by atoms with van der Waals surface area (Å²) in [6.45, 7) is 3.16. The summed E-state index contributed by atoms with van der Waals surface area (Å²) in [5.74, 6) is -0.224. The molecule has 0 saturated carbocycles. The molecule has 2 amide bonds. The van der Waals surface area contributed by atoms with Crippen LogP contribution >= 0.6 is 0 Å². The van der Waals surface area contributed by atoms with Crippen LogP contribution in [0, 0.1) is 12.7 Å². The number of pyridine rings is 1. The summed E-state index contributed by atoms with van der Waals surface area (Å²) in [5, 5.41) is 0. The number of rotatable bonds is 8. The monoisotopic (exact) mass is 491 g/mol. The van der Waals surface area contributed by atoms with Crippen LogP contribution in [0.2, 0.25) is 0 Å². The van der Waals surface area contributed by atoms with E-state index in [-0.39, 0.29) is 43.8 Å². The Morgan fingerprint density at radius 3 is 2.56 bits per heavy atom. The number of aromatic nitrogens is 1. The maximum Gasteiger partial charge on any atom is 0.255 e. The number of nitrogens with zero attached hydrogens (tertiary/aromatic N) is 3. The summed E-state index contributed by atoms with van der Waals surface area (Å²) >= 11 is 0. The number of aryl methyl sites for hydroxylation is 1. The van der Waals surface area contributed by atoms with Crippen LogP contribution in [0.25, 0.3) is 0 Å². The van der Waals surface area contributed by atoms with Gasteiger partial charge in [-0.2, -0.15) is 0 Å². The molecule has 7 nitrogen and oxygen atoms in total. The second kappa shape index (κ2) is 11.3. The number of amides is 2. The number of hydrogen-bond donors (Lipinski definition) is 0. The molecule has 0 spiro atoms. The first-order valence-corrected chi connectivity index (χ1v) is 11.9. The van der Waals surface area contributed by atoms with Crippen LogP contribution in [-0.2, 0) is 16.1 Å². The Bertz CT molecular complexity index is 1170. The Morgan fingerprint density at radius 1 is 1.11 bits per heavy atom. The molecule has 1 aromatic heterocycles. The van der Waals surface area contributed by atoms with Gasteiger partial charge in [-0.05, 0) is 48.9 Å². The molecule has 36 heavy (non-hydrogen) atoms. The molecule has 1 atom stereocenters. The van der Waals surface area contributed by atoms with Crippen LogP contribution in [0.3, 0.4) is 0 Å². The lowest BCUT2D eigenvalue weighted by molar-refractivity contribution is -0.152. The van der Waals surface area contributed by atoms with Crippen molar-refractivity contribution in [2.45, 2.75) is 25.5 Å². The molecule has 4 rings (SSSR count). The van der Waals surface area contributed by atoms with Gasteiger partial charge in [-0.25, -0.2) is 4.39 Å². The second-order valence-corrected chi connectivity index (χ2v) is 9.10. The predicted molar refractivity (Wildman–Crippen MR) is 133 cm³/mol. The quantitative estimate of drug-likeness (QED) is 0.479. The highest BCUT2D eigenvalue weighted by Gasteiger charge is 2.42. The summed E-state index contributed by atoms with van der Waals surface area (Å²) in [7, 11) is 1.74. The molecule has 0 radical (unpaired) electrons. The number of carbonyl (C=O) groups excluding carboxylic acids is 2. The highest BCUT2D eigenvalue weighted by molar-refractivity contribution is 5.94.